The van der Waals surface area contributed by atoms with Crippen LogP contribution in [0, 0.1) is 20.8 Å². The van der Waals surface area contributed by atoms with Crippen molar-refractivity contribution in [2.24, 2.45) is 0 Å². The van der Waals surface area contributed by atoms with Crippen LogP contribution in [0.5, 0.6) is 0 Å². The summed E-state index contributed by atoms with van der Waals surface area (Å²) in [7, 11) is -3.49. The first-order chi connectivity index (χ1) is 21.3. The second-order valence-electron chi connectivity index (χ2n) is 11.4. The molecule has 0 aliphatic heterocycles. The molecule has 2 aromatic heterocycles. The van der Waals surface area contributed by atoms with Crippen molar-refractivity contribution in [2.75, 3.05) is 10.6 Å². The van der Waals surface area contributed by atoms with Gasteiger partial charge in [0.2, 0.25) is 9.84 Å². The molecule has 0 radical (unpaired) electrons. The normalized spacial score (nSPS) is 10.5. The molecule has 0 bridgehead atoms. The van der Waals surface area contributed by atoms with Gasteiger partial charge in [-0.25, -0.2) is 8.42 Å². The standard InChI is InChI=1S/C16H20N2S.C15H18N2O2S.2C3H8/c1-11(2)18-14-6-8-16(12(3)9-14)19-15-7-5-13(4)17-10-15;1-11(2)17-13-5-8-14(9-6-13)20(18,19)15-7-4-12(3)16-10-15;2*1-3-2/h5-11,18H,1-4H3;4-11,17H,1-3H3;2*3H2,1-2H3. The van der Waals surface area contributed by atoms with E-state index in [1.54, 1.807) is 48.2 Å². The Morgan fingerprint density at radius 2 is 1.11 bits per heavy atom. The van der Waals surface area contributed by atoms with Crippen molar-refractivity contribution in [3.05, 3.63) is 96.1 Å². The molecule has 2 heterocycles. The lowest BCUT2D eigenvalue weighted by atomic mass is 10.2. The van der Waals surface area contributed by atoms with Gasteiger partial charge in [0.25, 0.3) is 0 Å². The van der Waals surface area contributed by atoms with Crippen LogP contribution >= 0.6 is 11.8 Å². The third-order valence-electron chi connectivity index (χ3n) is 5.56. The van der Waals surface area contributed by atoms with E-state index in [1.807, 2.05) is 40.0 Å². The number of anilines is 2. The van der Waals surface area contributed by atoms with Gasteiger partial charge in [0.15, 0.2) is 0 Å². The van der Waals surface area contributed by atoms with Crippen molar-refractivity contribution in [2.45, 2.75) is 121 Å². The highest BCUT2D eigenvalue weighted by Crippen LogP contribution is 2.31. The van der Waals surface area contributed by atoms with E-state index >= 15 is 0 Å². The fraction of sp³-hybridized carbons (Fsp3) is 0.405. The highest BCUT2D eigenvalue weighted by atomic mass is 32.2. The molecule has 0 atom stereocenters. The number of hydrogen-bond acceptors (Lipinski definition) is 7. The molecule has 8 heteroatoms. The fourth-order valence-corrected chi connectivity index (χ4v) is 5.70. The Labute approximate surface area is 277 Å². The minimum absolute atomic E-state index is 0.215. The van der Waals surface area contributed by atoms with E-state index in [0.29, 0.717) is 12.1 Å². The van der Waals surface area contributed by atoms with Crippen molar-refractivity contribution >= 4 is 33.0 Å². The Balaban J connectivity index is 0.000000384. The highest BCUT2D eigenvalue weighted by molar-refractivity contribution is 7.99. The summed E-state index contributed by atoms with van der Waals surface area (Å²) in [4.78, 5) is 11.3. The van der Waals surface area contributed by atoms with E-state index in [2.05, 4.69) is 93.3 Å². The zero-order chi connectivity index (χ0) is 34.0. The summed E-state index contributed by atoms with van der Waals surface area (Å²) < 4.78 is 24.8. The SMILES string of the molecule is CCC.CCC.Cc1ccc(S(=O)(=O)c2ccc(NC(C)C)cc2)cn1.Cc1ccc(Sc2ccc(NC(C)C)cc2C)cn1. The molecule has 0 fully saturated rings. The fourth-order valence-electron chi connectivity index (χ4n) is 3.64. The maximum absolute atomic E-state index is 12.4. The van der Waals surface area contributed by atoms with E-state index in [0.717, 1.165) is 17.1 Å². The van der Waals surface area contributed by atoms with E-state index in [9.17, 15) is 8.42 Å². The molecule has 246 valence electrons. The third kappa shape index (κ3) is 15.0. The topological polar surface area (TPSA) is 84.0 Å². The summed E-state index contributed by atoms with van der Waals surface area (Å²) in [5.41, 5.74) is 5.22. The van der Waals surface area contributed by atoms with Gasteiger partial charge in [-0.1, -0.05) is 52.3 Å². The summed E-state index contributed by atoms with van der Waals surface area (Å²) in [6.45, 7) is 22.8. The van der Waals surface area contributed by atoms with Crippen LogP contribution in [0.2, 0.25) is 0 Å². The maximum Gasteiger partial charge on any atom is 0.208 e. The lowest BCUT2D eigenvalue weighted by molar-refractivity contribution is 0.595. The van der Waals surface area contributed by atoms with Gasteiger partial charge < -0.3 is 10.6 Å². The molecular weight excluding hydrogens is 597 g/mol. The number of rotatable bonds is 8. The maximum atomic E-state index is 12.4. The second kappa shape index (κ2) is 20.6. The lowest BCUT2D eigenvalue weighted by Gasteiger charge is -2.12. The first kappa shape index (κ1) is 39.7. The summed E-state index contributed by atoms with van der Waals surface area (Å²) in [6, 6.07) is 21.5. The van der Waals surface area contributed by atoms with Gasteiger partial charge in [0.1, 0.15) is 0 Å². The van der Waals surface area contributed by atoms with Crippen molar-refractivity contribution in [3.63, 3.8) is 0 Å². The number of nitrogens with zero attached hydrogens (tertiary/aromatic N) is 2. The molecule has 0 saturated carbocycles. The summed E-state index contributed by atoms with van der Waals surface area (Å²) in [5.74, 6) is 0. The molecule has 6 nitrogen and oxygen atoms in total. The molecule has 2 N–H and O–H groups in total. The highest BCUT2D eigenvalue weighted by Gasteiger charge is 2.17. The van der Waals surface area contributed by atoms with E-state index < -0.39 is 9.84 Å². The van der Waals surface area contributed by atoms with Gasteiger partial charge in [-0.3, -0.25) is 9.97 Å². The molecule has 4 aromatic rings. The number of aromatic nitrogens is 2. The molecule has 0 amide bonds. The third-order valence-corrected chi connectivity index (χ3v) is 8.47. The first-order valence-electron chi connectivity index (χ1n) is 15.8. The largest absolute Gasteiger partial charge is 0.383 e. The number of pyridine rings is 2. The van der Waals surface area contributed by atoms with Crippen molar-refractivity contribution in [1.29, 1.82) is 0 Å². The first-order valence-corrected chi connectivity index (χ1v) is 18.1. The van der Waals surface area contributed by atoms with Gasteiger partial charge in [0.05, 0.1) is 9.79 Å². The molecule has 0 unspecified atom stereocenters. The van der Waals surface area contributed by atoms with Gasteiger partial charge in [-0.2, -0.15) is 0 Å². The van der Waals surface area contributed by atoms with Crippen LogP contribution < -0.4 is 10.6 Å². The van der Waals surface area contributed by atoms with E-state index in [4.69, 9.17) is 0 Å². The Bertz CT molecular complexity index is 1480. The van der Waals surface area contributed by atoms with Gasteiger partial charge >= 0.3 is 0 Å². The second-order valence-corrected chi connectivity index (χ2v) is 14.5. The number of nitrogens with one attached hydrogen (secondary N) is 2. The molecule has 2 aromatic carbocycles. The van der Waals surface area contributed by atoms with Crippen LogP contribution in [0.15, 0.2) is 98.7 Å². The van der Waals surface area contributed by atoms with Crippen LogP contribution in [0.4, 0.5) is 11.4 Å². The van der Waals surface area contributed by atoms with Crippen LogP contribution in [0.1, 0.15) is 85.2 Å². The molecule has 0 saturated heterocycles. The van der Waals surface area contributed by atoms with Gasteiger partial charge in [-0.15, -0.1) is 0 Å². The monoisotopic (exact) mass is 650 g/mol. The average Bonchev–Trinajstić information content (AvgIpc) is 2.97. The molecule has 0 aliphatic rings. The number of hydrogen-bond donors (Lipinski definition) is 2. The van der Waals surface area contributed by atoms with Crippen LogP contribution in [0.3, 0.4) is 0 Å². The van der Waals surface area contributed by atoms with Gasteiger partial charge in [0, 0.05) is 57.0 Å². The lowest BCUT2D eigenvalue weighted by Crippen LogP contribution is -2.09. The minimum atomic E-state index is -3.49. The Hall–Kier alpha value is -3.36. The smallest absolute Gasteiger partial charge is 0.208 e. The zero-order valence-corrected chi connectivity index (χ0v) is 30.7. The Morgan fingerprint density at radius 3 is 1.56 bits per heavy atom. The van der Waals surface area contributed by atoms with E-state index in [1.165, 1.54) is 40.1 Å². The summed E-state index contributed by atoms with van der Waals surface area (Å²) in [6.07, 6.45) is 5.82. The summed E-state index contributed by atoms with van der Waals surface area (Å²) in [5, 5.41) is 6.65. The number of benzene rings is 2. The number of sulfone groups is 1. The average molecular weight is 651 g/mol. The predicted octanol–water partition coefficient (Wildman–Crippen LogP) is 10.5. The molecular formula is C37H54N4O2S2. The molecule has 0 aliphatic carbocycles. The van der Waals surface area contributed by atoms with Crippen LogP contribution in [-0.4, -0.2) is 30.5 Å². The Morgan fingerprint density at radius 1 is 0.644 bits per heavy atom. The van der Waals surface area contributed by atoms with Crippen LogP contribution in [0.25, 0.3) is 0 Å². The van der Waals surface area contributed by atoms with Crippen LogP contribution in [-0.2, 0) is 9.84 Å². The van der Waals surface area contributed by atoms with Crippen molar-refractivity contribution < 1.29 is 8.42 Å². The molecule has 0 spiro atoms. The predicted molar refractivity (Wildman–Crippen MR) is 195 cm³/mol. The number of aryl methyl sites for hydroxylation is 3. The van der Waals surface area contributed by atoms with E-state index in [-0.39, 0.29) is 9.79 Å². The minimum Gasteiger partial charge on any atom is -0.383 e. The van der Waals surface area contributed by atoms with Gasteiger partial charge in [-0.05, 0) is 121 Å². The zero-order valence-electron chi connectivity index (χ0n) is 29.1. The molecule has 4 rings (SSSR count). The quantitative estimate of drug-likeness (QED) is 0.196. The van der Waals surface area contributed by atoms with Crippen molar-refractivity contribution in [1.82, 2.24) is 9.97 Å². The molecule has 45 heavy (non-hydrogen) atoms. The summed E-state index contributed by atoms with van der Waals surface area (Å²) >= 11 is 1.76. The Kier molecular flexibility index (Phi) is 18.2. The van der Waals surface area contributed by atoms with Crippen molar-refractivity contribution in [3.8, 4) is 0 Å².